The van der Waals surface area contributed by atoms with Gasteiger partial charge < -0.3 is 14.8 Å². The highest BCUT2D eigenvalue weighted by Gasteiger charge is 2.31. The summed E-state index contributed by atoms with van der Waals surface area (Å²) in [5.41, 5.74) is 2.62. The molecule has 122 valence electrons. The number of amides is 1. The summed E-state index contributed by atoms with van der Waals surface area (Å²) in [6.07, 6.45) is 2.90. The molecule has 0 bridgehead atoms. The van der Waals surface area contributed by atoms with E-state index >= 15 is 0 Å². The smallest absolute Gasteiger partial charge is 0.407 e. The highest BCUT2D eigenvalue weighted by atomic mass is 16.5. The summed E-state index contributed by atoms with van der Waals surface area (Å²) in [6.45, 7) is 2.23. The number of benzene rings is 1. The van der Waals surface area contributed by atoms with E-state index in [9.17, 15) is 9.90 Å². The maximum Gasteiger partial charge on any atom is 0.407 e. The fourth-order valence-electron chi connectivity index (χ4n) is 3.13. The van der Waals surface area contributed by atoms with Gasteiger partial charge in [-0.05, 0) is 37.6 Å². The van der Waals surface area contributed by atoms with E-state index < -0.39 is 6.09 Å². The summed E-state index contributed by atoms with van der Waals surface area (Å²) in [4.78, 5) is 24.3. The number of carboxylic acid groups (broad SMARTS) is 1. The number of ether oxygens (including phenoxy) is 1. The van der Waals surface area contributed by atoms with Crippen molar-refractivity contribution in [1.82, 2.24) is 19.9 Å². The van der Waals surface area contributed by atoms with Crippen LogP contribution in [0.3, 0.4) is 0 Å². The first-order valence-electron chi connectivity index (χ1n) is 7.72. The van der Waals surface area contributed by atoms with Gasteiger partial charge in [-0.1, -0.05) is 0 Å². The van der Waals surface area contributed by atoms with Gasteiger partial charge in [-0.25, -0.2) is 14.8 Å². The topological polar surface area (TPSA) is 91.3 Å². The second-order valence-electron chi connectivity index (χ2n) is 5.77. The van der Waals surface area contributed by atoms with Crippen LogP contribution in [0.25, 0.3) is 10.9 Å². The van der Waals surface area contributed by atoms with Crippen molar-refractivity contribution in [2.75, 3.05) is 6.54 Å². The Morgan fingerprint density at radius 1 is 1.38 bits per heavy atom. The van der Waals surface area contributed by atoms with Gasteiger partial charge in [-0.3, -0.25) is 4.90 Å². The number of carbonyl (C=O) groups is 1. The van der Waals surface area contributed by atoms with Crippen LogP contribution in [0.2, 0.25) is 0 Å². The average molecular weight is 324 g/mol. The molecule has 3 heterocycles. The average Bonchev–Trinajstić information content (AvgIpc) is 3.03. The van der Waals surface area contributed by atoms with Gasteiger partial charge in [0.05, 0.1) is 11.7 Å². The van der Waals surface area contributed by atoms with Gasteiger partial charge in [0.25, 0.3) is 0 Å². The van der Waals surface area contributed by atoms with Crippen molar-refractivity contribution in [3.05, 3.63) is 48.0 Å². The molecule has 1 aliphatic rings. The predicted molar refractivity (Wildman–Crippen MR) is 87.3 cm³/mol. The minimum absolute atomic E-state index is 0.316. The first kappa shape index (κ1) is 14.5. The molecule has 1 aliphatic heterocycles. The third-order valence-corrected chi connectivity index (χ3v) is 4.39. The van der Waals surface area contributed by atoms with Crippen molar-refractivity contribution in [1.29, 1.82) is 0 Å². The molecule has 2 N–H and O–H groups in total. The molecule has 3 aromatic rings. The lowest BCUT2D eigenvalue weighted by molar-refractivity contribution is 0.122. The Kier molecular flexibility index (Phi) is 3.34. The molecule has 7 heteroatoms. The van der Waals surface area contributed by atoms with E-state index in [1.54, 1.807) is 0 Å². The number of rotatable bonds is 2. The molecule has 4 rings (SSSR count). The van der Waals surface area contributed by atoms with Crippen LogP contribution >= 0.6 is 0 Å². The van der Waals surface area contributed by atoms with Crippen molar-refractivity contribution in [2.45, 2.75) is 19.4 Å². The van der Waals surface area contributed by atoms with Crippen molar-refractivity contribution >= 4 is 17.0 Å². The Balaban J connectivity index is 1.68. The molecule has 7 nitrogen and oxygen atoms in total. The molecule has 0 saturated carbocycles. The van der Waals surface area contributed by atoms with Gasteiger partial charge in [-0.15, -0.1) is 0 Å². The quantitative estimate of drug-likeness (QED) is 0.754. The SMILES string of the molecule is CC1c2ncnc(Oc3ccc4[nH]ccc4c3)c2CCN1C(=O)O. The van der Waals surface area contributed by atoms with Crippen molar-refractivity contribution in [3.8, 4) is 11.6 Å². The molecule has 1 aromatic carbocycles. The first-order chi connectivity index (χ1) is 11.6. The number of nitrogens with zero attached hydrogens (tertiary/aromatic N) is 3. The maximum absolute atomic E-state index is 11.3. The maximum atomic E-state index is 11.3. The third-order valence-electron chi connectivity index (χ3n) is 4.39. The summed E-state index contributed by atoms with van der Waals surface area (Å²) in [5.74, 6) is 1.18. The summed E-state index contributed by atoms with van der Waals surface area (Å²) in [5, 5.41) is 10.3. The van der Waals surface area contributed by atoms with E-state index in [-0.39, 0.29) is 6.04 Å². The van der Waals surface area contributed by atoms with Gasteiger partial charge in [0.1, 0.15) is 12.1 Å². The van der Waals surface area contributed by atoms with E-state index in [0.29, 0.717) is 30.3 Å². The molecular weight excluding hydrogens is 308 g/mol. The number of hydrogen-bond donors (Lipinski definition) is 2. The zero-order valence-corrected chi connectivity index (χ0v) is 13.1. The lowest BCUT2D eigenvalue weighted by Crippen LogP contribution is -2.38. The Labute approximate surface area is 137 Å². The first-order valence-corrected chi connectivity index (χ1v) is 7.72. The second kappa shape index (κ2) is 5.52. The highest BCUT2D eigenvalue weighted by molar-refractivity contribution is 5.80. The molecule has 1 amide bonds. The van der Waals surface area contributed by atoms with Gasteiger partial charge >= 0.3 is 6.09 Å². The van der Waals surface area contributed by atoms with Crippen LogP contribution in [-0.4, -0.2) is 37.6 Å². The van der Waals surface area contributed by atoms with Crippen LogP contribution in [0.4, 0.5) is 4.79 Å². The fraction of sp³-hybridized carbons (Fsp3) is 0.235. The molecule has 24 heavy (non-hydrogen) atoms. The van der Waals surface area contributed by atoms with Gasteiger partial charge in [0.15, 0.2) is 0 Å². The molecule has 1 atom stereocenters. The van der Waals surface area contributed by atoms with Crippen LogP contribution in [0.5, 0.6) is 11.6 Å². The number of aromatic nitrogens is 3. The Morgan fingerprint density at radius 2 is 2.25 bits per heavy atom. The number of fused-ring (bicyclic) bond motifs is 2. The van der Waals surface area contributed by atoms with E-state index in [0.717, 1.165) is 16.5 Å². The molecule has 0 radical (unpaired) electrons. The summed E-state index contributed by atoms with van der Waals surface area (Å²) >= 11 is 0. The number of aromatic amines is 1. The monoisotopic (exact) mass is 324 g/mol. The second-order valence-corrected chi connectivity index (χ2v) is 5.77. The number of nitrogens with one attached hydrogen (secondary N) is 1. The lowest BCUT2D eigenvalue weighted by Gasteiger charge is -2.32. The summed E-state index contributed by atoms with van der Waals surface area (Å²) in [7, 11) is 0. The van der Waals surface area contributed by atoms with Crippen LogP contribution in [0.1, 0.15) is 24.2 Å². The van der Waals surface area contributed by atoms with Crippen LogP contribution < -0.4 is 4.74 Å². The zero-order valence-electron chi connectivity index (χ0n) is 13.1. The molecule has 0 aliphatic carbocycles. The minimum atomic E-state index is -0.938. The molecule has 1 unspecified atom stereocenters. The van der Waals surface area contributed by atoms with E-state index in [1.165, 1.54) is 11.2 Å². The lowest BCUT2D eigenvalue weighted by atomic mass is 10.0. The predicted octanol–water partition coefficient (Wildman–Crippen LogP) is 3.35. The molecule has 2 aromatic heterocycles. The molecule has 0 saturated heterocycles. The van der Waals surface area contributed by atoms with E-state index in [1.807, 2.05) is 37.4 Å². The van der Waals surface area contributed by atoms with Crippen molar-refractivity contribution < 1.29 is 14.6 Å². The fourth-order valence-corrected chi connectivity index (χ4v) is 3.13. The van der Waals surface area contributed by atoms with Gasteiger partial charge in [0.2, 0.25) is 5.88 Å². The van der Waals surface area contributed by atoms with Crippen LogP contribution in [0.15, 0.2) is 36.8 Å². The van der Waals surface area contributed by atoms with Crippen LogP contribution in [-0.2, 0) is 6.42 Å². The Morgan fingerprint density at radius 3 is 3.08 bits per heavy atom. The van der Waals surface area contributed by atoms with E-state index in [4.69, 9.17) is 4.74 Å². The Hall–Kier alpha value is -3.09. The van der Waals surface area contributed by atoms with E-state index in [2.05, 4.69) is 15.0 Å². The normalized spacial score (nSPS) is 16.9. The van der Waals surface area contributed by atoms with Crippen LogP contribution in [0, 0.1) is 0 Å². The molecule has 0 fully saturated rings. The van der Waals surface area contributed by atoms with Crippen molar-refractivity contribution in [2.24, 2.45) is 0 Å². The standard InChI is InChI=1S/C17H16N4O3/c1-10-15-13(5-7-21(10)17(22)23)16(20-9-19-15)24-12-2-3-14-11(8-12)4-6-18-14/h2-4,6,8-10,18H,5,7H2,1H3,(H,22,23). The summed E-state index contributed by atoms with van der Waals surface area (Å²) in [6, 6.07) is 7.43. The zero-order chi connectivity index (χ0) is 16.7. The Bertz CT molecular complexity index is 921. The third kappa shape index (κ3) is 2.34. The molecule has 0 spiro atoms. The highest BCUT2D eigenvalue weighted by Crippen LogP contribution is 2.34. The number of hydrogen-bond acceptors (Lipinski definition) is 4. The largest absolute Gasteiger partial charge is 0.465 e. The summed E-state index contributed by atoms with van der Waals surface area (Å²) < 4.78 is 5.97. The minimum Gasteiger partial charge on any atom is -0.465 e. The number of H-pyrrole nitrogens is 1. The molecular formula is C17H16N4O3. The van der Waals surface area contributed by atoms with Gasteiger partial charge in [-0.2, -0.15) is 0 Å². The van der Waals surface area contributed by atoms with Gasteiger partial charge in [0, 0.05) is 29.2 Å². The van der Waals surface area contributed by atoms with Crippen molar-refractivity contribution in [3.63, 3.8) is 0 Å².